The molecule has 0 fully saturated rings. The van der Waals surface area contributed by atoms with E-state index in [-0.39, 0.29) is 279 Å². The van der Waals surface area contributed by atoms with E-state index in [2.05, 4.69) is 151 Å². The standard InChI is InChI=1S/C6H14.C6H12.C5H8O.C5H12.C4H6F2.C4H10O.C4H9O.2C4H10.C4H9.C4H8.C4H6.C3H3F3.C3H8O.C3H6O.C3H4.C2H5Br.C2F4.C2H6O.2C2H4O.5C2H6.CH2O3.B.BrH.3K.Li.2Na.H2O.2H/c2*1-3-5-6-4-2;1-4-5(2,3)6;1-3-5-4-2;1-3(5)4(2)6;2*1-4(2,3)5;5*1-3-4-2;1-2(4)3(5)6;1-3-4-2;1-2-3-4;1-3-2;1-2-3;3-1(4)2(5)6;3*1-2-3;5*1-2;2-1-4-3;;;;;;;;;;;/h3-6H2,1-2H3;5-6H,3-4H2,1-2H3;1,6H,2-3H3;3-5H2,1-2H3;1-2H3;5H,1-3H3;1-3H3;2*3-4H2,1-2H3;1,3-4H2,2H3;3-4H,1-2H3;1-2H3;1H3;3H2,1-2H3;3H,2H2,1H3;1H,2H3;2H2,1H3;;3H,2H2,1H3;2*2H,1H3;5*1-2H3;1,3H;;1H;;;;;;;1H2;;/q;;;;;;-1;;;-1;;;;;;;;;;;;;;;;;;;;6*+1;;2*-1/p-2/b;6-5-;;;4-3+;;;;;;4-3+;;;;;;;;;;;;;;;;;;;;;;;;;;;. The Morgan fingerprint density at radius 3 is 0.658 bits per heavy atom. The van der Waals surface area contributed by atoms with Crippen LogP contribution in [0.15, 0.2) is 60.0 Å². The number of carbonyl (C=O) groups is 4. The first-order chi connectivity index (χ1) is 50.1. The van der Waals surface area contributed by atoms with Crippen LogP contribution >= 0.6 is 32.9 Å². The molecule has 0 rings (SSSR count). The van der Waals surface area contributed by atoms with Crippen molar-refractivity contribution in [2.75, 3.05) is 25.7 Å². The second-order valence-electron chi connectivity index (χ2n) is 19.4. The fraction of sp³-hybridized carbons (Fsp3) is 0.759. The van der Waals surface area contributed by atoms with E-state index < -0.39 is 52.5 Å². The van der Waals surface area contributed by atoms with E-state index in [1.807, 2.05) is 130 Å². The van der Waals surface area contributed by atoms with Gasteiger partial charge in [0.2, 0.25) is 0 Å². The van der Waals surface area contributed by atoms with Crippen LogP contribution in [0.4, 0.5) is 39.5 Å². The predicted molar refractivity (Wildman–Crippen MR) is 489 cm³/mol. The Labute approximate surface area is 933 Å². The molecule has 0 unspecified atom stereocenters. The molecule has 12 nitrogen and oxygen atoms in total. The minimum atomic E-state index is -2.91. The number of aliphatic hydroxyl groups is 3. The third-order valence-corrected chi connectivity index (χ3v) is 5.96. The van der Waals surface area contributed by atoms with Crippen molar-refractivity contribution < 1.29 is 334 Å². The van der Waals surface area contributed by atoms with Gasteiger partial charge >= 0.3 is 250 Å². The smallest absolute Gasteiger partial charge is 1.00 e. The van der Waals surface area contributed by atoms with E-state index in [0.29, 0.717) is 13.3 Å². The molecule has 0 aromatic heterocycles. The van der Waals surface area contributed by atoms with Gasteiger partial charge in [0, 0.05) is 40.5 Å². The third kappa shape index (κ3) is 1390. The SMILES string of the molecule is Br.C#CC.C#CC(C)(C)O.C/C(F)=C(/C)F.C/C=C/C.CC.CC.CC.CC.CC.CC#CC.CC(C)(C)O.CC(C)(C)[O-].CC(F)=C(F)F.CC/C=C\CC.CC=O.CC=O.CCBr.CCC=O.CCCC.CCCC.CCCCC.CCCCCC.CCO.CCOC.FC(F)=C(F)F.O=CO[O-].[B].[CH2-]CCC.[H-].[H-].[K+].[K+].[K+].[Li+].[Na+].[Na+].[OH-]. The molecule has 3 radical (unpaired) electrons. The van der Waals surface area contributed by atoms with Gasteiger partial charge in [-0.15, -0.1) is 53.2 Å². The molecule has 0 aliphatic heterocycles. The maximum atomic E-state index is 11.3. The molecule has 30 heteroatoms. The van der Waals surface area contributed by atoms with E-state index in [0.717, 1.165) is 51.1 Å². The summed E-state index contributed by atoms with van der Waals surface area (Å²) in [5, 5.41) is 44.3. The van der Waals surface area contributed by atoms with Crippen molar-refractivity contribution in [2.45, 2.75) is 417 Å². The summed E-state index contributed by atoms with van der Waals surface area (Å²) in [6.07, 6.45) is 32.2. The summed E-state index contributed by atoms with van der Waals surface area (Å²) in [5.41, 5.74) is -2.18. The Bertz CT molecular complexity index is 1460. The molecule has 117 heavy (non-hydrogen) atoms. The van der Waals surface area contributed by atoms with Crippen molar-refractivity contribution in [3.05, 3.63) is 67.0 Å². The number of hydrogen-bond acceptors (Lipinski definition) is 12. The van der Waals surface area contributed by atoms with Gasteiger partial charge in [0.05, 0.1) is 5.60 Å². The number of alkyl halides is 1. The molecule has 0 aromatic rings. The maximum Gasteiger partial charge on any atom is 1.00 e. The second kappa shape index (κ2) is 319. The number of hydrogen-bond donors (Lipinski definition) is 3. The van der Waals surface area contributed by atoms with Crippen molar-refractivity contribution in [3.63, 3.8) is 0 Å². The minimum Gasteiger partial charge on any atom is -1.00 e. The molecule has 0 heterocycles. The van der Waals surface area contributed by atoms with Crippen molar-refractivity contribution in [1.82, 2.24) is 0 Å². The molecular formula is C87H189BBr2F9K3LiNa2O12. The first-order valence-corrected chi connectivity index (χ1v) is 39.2. The Hall–Kier alpha value is 3.48. The normalized spacial score (nSPS) is 7.16. The summed E-state index contributed by atoms with van der Waals surface area (Å²) >= 11 is 3.15. The Morgan fingerprint density at radius 2 is 0.641 bits per heavy atom. The van der Waals surface area contributed by atoms with Gasteiger partial charge in [0.25, 0.3) is 6.47 Å². The van der Waals surface area contributed by atoms with Crippen molar-refractivity contribution >= 4 is 66.7 Å². The van der Waals surface area contributed by atoms with Crippen LogP contribution in [-0.2, 0) is 28.8 Å². The number of aliphatic hydroxyl groups excluding tert-OH is 1. The number of methoxy groups -OCH3 is 1. The zero-order chi connectivity index (χ0) is 94.3. The van der Waals surface area contributed by atoms with Gasteiger partial charge < -0.3 is 64.9 Å². The first-order valence-electron chi connectivity index (χ1n) is 38.1. The summed E-state index contributed by atoms with van der Waals surface area (Å²) in [7, 11) is 1.68. The molecule has 0 saturated heterocycles. The number of unbranched alkanes of at least 4 members (excludes halogenated alkanes) is 8. The largest absolute Gasteiger partial charge is 1.00 e. The van der Waals surface area contributed by atoms with E-state index in [1.165, 1.54) is 104 Å². The Kier molecular flexibility index (Phi) is 658. The van der Waals surface area contributed by atoms with Crippen LogP contribution in [0.3, 0.4) is 0 Å². The van der Waals surface area contributed by atoms with Gasteiger partial charge in [0.1, 0.15) is 36.1 Å². The van der Waals surface area contributed by atoms with Crippen LogP contribution in [0.25, 0.3) is 0 Å². The van der Waals surface area contributed by atoms with Gasteiger partial charge in [-0.2, -0.15) is 32.8 Å². The molecule has 695 valence electrons. The molecule has 0 aliphatic rings. The van der Waals surface area contributed by atoms with E-state index in [1.54, 1.807) is 76.3 Å². The zero-order valence-electron chi connectivity index (χ0n) is 88.2. The van der Waals surface area contributed by atoms with Crippen molar-refractivity contribution in [3.8, 4) is 36.5 Å². The summed E-state index contributed by atoms with van der Waals surface area (Å²) in [5.74, 6) is 6.88. The molecule has 0 spiro atoms. The average molecular weight is 1940 g/mol. The van der Waals surface area contributed by atoms with Gasteiger partial charge in [-0.25, -0.2) is 13.2 Å². The average Bonchev–Trinajstić information content (AvgIpc) is 1.05. The van der Waals surface area contributed by atoms with E-state index >= 15 is 0 Å². The third-order valence-electron chi connectivity index (χ3n) is 5.96. The second-order valence-corrected chi connectivity index (χ2v) is 20.5. The predicted octanol–water partition coefficient (Wildman–Crippen LogP) is 12.1. The molecule has 0 saturated carbocycles. The monoisotopic (exact) mass is 1940 g/mol. The fourth-order valence-electron chi connectivity index (χ4n) is 1.19. The van der Waals surface area contributed by atoms with E-state index in [4.69, 9.17) is 41.4 Å². The first kappa shape index (κ1) is 241. The topological polar surface area (TPSA) is 224 Å². The van der Waals surface area contributed by atoms with Crippen LogP contribution in [0, 0.1) is 43.5 Å². The molecule has 0 aliphatic carbocycles. The Balaban J connectivity index is -0.0000000159. The van der Waals surface area contributed by atoms with Crippen LogP contribution < -0.4 is 242 Å². The van der Waals surface area contributed by atoms with Crippen LogP contribution in [0.1, 0.15) is 403 Å². The molecule has 4 N–H and O–H groups in total. The summed E-state index contributed by atoms with van der Waals surface area (Å²) in [6.45, 7) is 84.3. The van der Waals surface area contributed by atoms with Crippen molar-refractivity contribution in [1.29, 1.82) is 0 Å². The number of aldehydes is 3. The quantitative estimate of drug-likeness (QED) is 0.0150. The number of halogens is 11. The van der Waals surface area contributed by atoms with Crippen LogP contribution in [0.5, 0.6) is 0 Å². The van der Waals surface area contributed by atoms with Crippen molar-refractivity contribution in [2.24, 2.45) is 0 Å². The summed E-state index contributed by atoms with van der Waals surface area (Å²) < 4.78 is 101. The molecule has 0 bridgehead atoms. The maximum absolute atomic E-state index is 11.3. The fourth-order valence-corrected chi connectivity index (χ4v) is 1.19. The van der Waals surface area contributed by atoms with Crippen LogP contribution in [0.2, 0.25) is 0 Å². The molecule has 0 amide bonds. The molecule has 0 aromatic carbocycles. The number of terminal acetylenes is 2. The zero-order valence-corrected chi connectivity index (χ0v) is 103. The number of allylic oxidation sites excluding steroid dienone is 7. The molecule has 0 atom stereocenters. The van der Waals surface area contributed by atoms with E-state index in [9.17, 15) is 49.4 Å². The number of carbonyl (C=O) groups excluding carboxylic acids is 4. The van der Waals surface area contributed by atoms with Gasteiger partial charge in [-0.05, 0) is 131 Å². The minimum absolute atomic E-state index is 0. The van der Waals surface area contributed by atoms with Gasteiger partial charge in [-0.3, -0.25) is 4.79 Å². The summed E-state index contributed by atoms with van der Waals surface area (Å²) in [4.78, 5) is 38.0. The van der Waals surface area contributed by atoms with Crippen LogP contribution in [-0.4, -0.2) is 97.0 Å². The Morgan fingerprint density at radius 1 is 0.504 bits per heavy atom. The molecular weight excluding hydrogens is 1750 g/mol. The van der Waals surface area contributed by atoms with Gasteiger partial charge in [-0.1, -0.05) is 303 Å². The summed E-state index contributed by atoms with van der Waals surface area (Å²) in [6, 6.07) is 0. The van der Waals surface area contributed by atoms with Gasteiger partial charge in [0.15, 0.2) is 5.83 Å². The number of ether oxygens (including phenoxy) is 1. The number of rotatable bonds is 13.